The van der Waals surface area contributed by atoms with Crippen molar-refractivity contribution in [2.45, 2.75) is 0 Å². The molecule has 146 valence electrons. The van der Waals surface area contributed by atoms with Crippen LogP contribution in [-0.4, -0.2) is 33.9 Å². The molecule has 1 saturated heterocycles. The van der Waals surface area contributed by atoms with Crippen LogP contribution in [0.3, 0.4) is 0 Å². The second-order valence-electron chi connectivity index (χ2n) is 6.62. The number of aromatic nitrogens is 1. The predicted molar refractivity (Wildman–Crippen MR) is 106 cm³/mol. The smallest absolute Gasteiger partial charge is 0.329 e. The van der Waals surface area contributed by atoms with E-state index in [1.54, 1.807) is 12.1 Å². The van der Waals surface area contributed by atoms with Crippen molar-refractivity contribution >= 4 is 40.5 Å². The minimum absolute atomic E-state index is 0.0175. The zero-order valence-corrected chi connectivity index (χ0v) is 15.5. The van der Waals surface area contributed by atoms with E-state index in [1.807, 2.05) is 42.1 Å². The number of fused-ring (bicyclic) bond motifs is 1. The molecule has 1 fully saturated rings. The molecule has 8 heteroatoms. The number of nitrogens with zero attached hydrogens (tertiary/aromatic N) is 2. The average Bonchev–Trinajstić information content (AvgIpc) is 3.15. The quantitative estimate of drug-likeness (QED) is 0.529. The van der Waals surface area contributed by atoms with Crippen molar-refractivity contribution in [3.05, 3.63) is 71.8 Å². The second-order valence-corrected chi connectivity index (χ2v) is 6.62. The largest absolute Gasteiger partial charge is 0.350 e. The van der Waals surface area contributed by atoms with Gasteiger partial charge in [0.15, 0.2) is 0 Å². The molecule has 0 atom stereocenters. The van der Waals surface area contributed by atoms with Crippen LogP contribution in [0.15, 0.2) is 60.4 Å². The Morgan fingerprint density at radius 1 is 1.14 bits per heavy atom. The molecule has 0 aliphatic carbocycles. The van der Waals surface area contributed by atoms with Crippen molar-refractivity contribution in [2.24, 2.45) is 7.05 Å². The van der Waals surface area contributed by atoms with Gasteiger partial charge in [0.2, 0.25) is 5.91 Å². The standard InChI is InChI=1S/C21H17FN4O3/c1-25-11-13(14-6-2-5-9-18(14)25)10-17-20(28)26(21(29)24-17)12-19(27)23-16-8-4-3-7-15(16)22/h2-11H,12H2,1H3,(H,23,27)(H,24,29)/b17-10+. The van der Waals surface area contributed by atoms with Crippen LogP contribution in [0.25, 0.3) is 17.0 Å². The van der Waals surface area contributed by atoms with E-state index in [2.05, 4.69) is 10.6 Å². The van der Waals surface area contributed by atoms with Crippen LogP contribution < -0.4 is 10.6 Å². The van der Waals surface area contributed by atoms with Crippen LogP contribution in [0, 0.1) is 5.82 Å². The number of anilines is 1. The molecular formula is C21H17FN4O3. The fraction of sp³-hybridized carbons (Fsp3) is 0.0952. The minimum atomic E-state index is -0.704. The topological polar surface area (TPSA) is 83.4 Å². The summed E-state index contributed by atoms with van der Waals surface area (Å²) in [5.41, 5.74) is 1.81. The Hall–Kier alpha value is -3.94. The van der Waals surface area contributed by atoms with Crippen LogP contribution in [-0.2, 0) is 16.6 Å². The predicted octanol–water partition coefficient (Wildman–Crippen LogP) is 2.85. The third kappa shape index (κ3) is 3.47. The van der Waals surface area contributed by atoms with Crippen molar-refractivity contribution in [2.75, 3.05) is 11.9 Å². The summed E-state index contributed by atoms with van der Waals surface area (Å²) < 4.78 is 15.6. The lowest BCUT2D eigenvalue weighted by molar-refractivity contribution is -0.127. The van der Waals surface area contributed by atoms with E-state index in [4.69, 9.17) is 0 Å². The van der Waals surface area contributed by atoms with E-state index in [1.165, 1.54) is 18.2 Å². The minimum Gasteiger partial charge on any atom is -0.350 e. The number of hydrogen-bond acceptors (Lipinski definition) is 3. The molecule has 0 unspecified atom stereocenters. The number of nitrogens with one attached hydrogen (secondary N) is 2. The highest BCUT2D eigenvalue weighted by atomic mass is 19.1. The molecule has 3 aromatic rings. The van der Waals surface area contributed by atoms with Crippen molar-refractivity contribution in [3.8, 4) is 0 Å². The highest BCUT2D eigenvalue weighted by Crippen LogP contribution is 2.24. The van der Waals surface area contributed by atoms with Crippen LogP contribution in [0.4, 0.5) is 14.9 Å². The molecule has 2 aromatic carbocycles. The van der Waals surface area contributed by atoms with Crippen molar-refractivity contribution < 1.29 is 18.8 Å². The van der Waals surface area contributed by atoms with E-state index in [0.29, 0.717) is 0 Å². The maximum absolute atomic E-state index is 13.7. The number of para-hydroxylation sites is 2. The Labute approximate surface area is 165 Å². The lowest BCUT2D eigenvalue weighted by atomic mass is 10.1. The maximum Gasteiger partial charge on any atom is 0.329 e. The van der Waals surface area contributed by atoms with Gasteiger partial charge in [-0.2, -0.15) is 0 Å². The first-order valence-electron chi connectivity index (χ1n) is 8.87. The molecule has 0 radical (unpaired) electrons. The summed E-state index contributed by atoms with van der Waals surface area (Å²) in [6, 6.07) is 12.6. The molecule has 4 rings (SSSR count). The average molecular weight is 392 g/mol. The molecule has 4 amide bonds. The molecule has 0 saturated carbocycles. The molecule has 1 aliphatic heterocycles. The number of hydrogen-bond donors (Lipinski definition) is 2. The lowest BCUT2D eigenvalue weighted by Gasteiger charge is -2.12. The first-order valence-corrected chi connectivity index (χ1v) is 8.87. The fourth-order valence-corrected chi connectivity index (χ4v) is 3.25. The summed E-state index contributed by atoms with van der Waals surface area (Å²) in [6.45, 7) is -0.522. The Kier molecular flexibility index (Phi) is 4.59. The van der Waals surface area contributed by atoms with Gasteiger partial charge in [0.1, 0.15) is 18.1 Å². The molecule has 0 spiro atoms. The van der Waals surface area contributed by atoms with Crippen LogP contribution >= 0.6 is 0 Å². The molecule has 1 aliphatic rings. The third-order valence-electron chi connectivity index (χ3n) is 4.64. The van der Waals surface area contributed by atoms with Gasteiger partial charge in [0.25, 0.3) is 5.91 Å². The van der Waals surface area contributed by atoms with E-state index in [9.17, 15) is 18.8 Å². The zero-order valence-electron chi connectivity index (χ0n) is 15.5. The first kappa shape index (κ1) is 18.4. The van der Waals surface area contributed by atoms with Crippen molar-refractivity contribution in [3.63, 3.8) is 0 Å². The molecule has 7 nitrogen and oxygen atoms in total. The van der Waals surface area contributed by atoms with Gasteiger partial charge >= 0.3 is 6.03 Å². The number of amides is 4. The van der Waals surface area contributed by atoms with Gasteiger partial charge in [-0.1, -0.05) is 30.3 Å². The maximum atomic E-state index is 13.7. The molecule has 0 bridgehead atoms. The Balaban J connectivity index is 1.53. The summed E-state index contributed by atoms with van der Waals surface area (Å²) in [4.78, 5) is 37.8. The highest BCUT2D eigenvalue weighted by Gasteiger charge is 2.35. The van der Waals surface area contributed by atoms with Gasteiger partial charge in [-0.3, -0.25) is 9.59 Å². The van der Waals surface area contributed by atoms with Gasteiger partial charge in [0, 0.05) is 29.7 Å². The number of urea groups is 1. The monoisotopic (exact) mass is 392 g/mol. The number of rotatable bonds is 4. The van der Waals surface area contributed by atoms with Crippen LogP contribution in [0.5, 0.6) is 0 Å². The summed E-state index contributed by atoms with van der Waals surface area (Å²) in [6.07, 6.45) is 3.43. The highest BCUT2D eigenvalue weighted by molar-refractivity contribution is 6.16. The van der Waals surface area contributed by atoms with Gasteiger partial charge in [-0.05, 0) is 24.3 Å². The number of aryl methyl sites for hydroxylation is 1. The number of halogens is 1. The Morgan fingerprint density at radius 3 is 2.66 bits per heavy atom. The van der Waals surface area contributed by atoms with E-state index in [0.717, 1.165) is 21.4 Å². The number of carbonyl (C=O) groups is 3. The van der Waals surface area contributed by atoms with Gasteiger partial charge < -0.3 is 15.2 Å². The summed E-state index contributed by atoms with van der Waals surface area (Å²) >= 11 is 0. The fourth-order valence-electron chi connectivity index (χ4n) is 3.25. The van der Waals surface area contributed by atoms with E-state index in [-0.39, 0.29) is 11.4 Å². The summed E-state index contributed by atoms with van der Waals surface area (Å²) in [5.74, 6) is -1.90. The number of carbonyl (C=O) groups excluding carboxylic acids is 3. The van der Waals surface area contributed by atoms with Gasteiger partial charge in [0.05, 0.1) is 5.69 Å². The lowest BCUT2D eigenvalue weighted by Crippen LogP contribution is -2.38. The molecular weight excluding hydrogens is 375 g/mol. The molecule has 29 heavy (non-hydrogen) atoms. The molecule has 1 aromatic heterocycles. The van der Waals surface area contributed by atoms with Crippen LogP contribution in [0.1, 0.15) is 5.56 Å². The Bertz CT molecular complexity index is 1180. The van der Waals surface area contributed by atoms with E-state index < -0.39 is 30.2 Å². The molecule has 2 N–H and O–H groups in total. The second kappa shape index (κ2) is 7.23. The Morgan fingerprint density at radius 2 is 1.86 bits per heavy atom. The summed E-state index contributed by atoms with van der Waals surface area (Å²) in [7, 11) is 1.89. The number of benzene rings is 2. The zero-order chi connectivity index (χ0) is 20.5. The van der Waals surface area contributed by atoms with Gasteiger partial charge in [-0.25, -0.2) is 14.1 Å². The number of imide groups is 1. The first-order chi connectivity index (χ1) is 13.9. The molecule has 2 heterocycles. The summed E-state index contributed by atoms with van der Waals surface area (Å²) in [5, 5.41) is 5.78. The van der Waals surface area contributed by atoms with Crippen LogP contribution in [0.2, 0.25) is 0 Å². The van der Waals surface area contributed by atoms with Crippen molar-refractivity contribution in [1.29, 1.82) is 0 Å². The van der Waals surface area contributed by atoms with E-state index >= 15 is 0 Å². The normalized spacial score (nSPS) is 15.2. The van der Waals surface area contributed by atoms with Gasteiger partial charge in [-0.15, -0.1) is 0 Å². The SMILES string of the molecule is Cn1cc(/C=C2/NC(=O)N(CC(=O)Nc3ccccc3F)C2=O)c2ccccc21. The van der Waals surface area contributed by atoms with Crippen molar-refractivity contribution in [1.82, 2.24) is 14.8 Å². The third-order valence-corrected chi connectivity index (χ3v) is 4.64.